The molecule has 6 aliphatic rings. The third kappa shape index (κ3) is 3.28. The molecule has 31 heavy (non-hydrogen) atoms. The van der Waals surface area contributed by atoms with E-state index < -0.39 is 0 Å². The zero-order valence-corrected chi connectivity index (χ0v) is 18.8. The van der Waals surface area contributed by atoms with E-state index in [1.54, 1.807) is 0 Å². The van der Waals surface area contributed by atoms with Crippen molar-refractivity contribution in [1.82, 2.24) is 19.5 Å². The number of nitrogens with zero attached hydrogens (tertiary/aromatic N) is 4. The van der Waals surface area contributed by atoms with Gasteiger partial charge >= 0.3 is 0 Å². The fourth-order valence-electron chi connectivity index (χ4n) is 6.56. The second-order valence-electron chi connectivity index (χ2n) is 10.5. The van der Waals surface area contributed by atoms with Gasteiger partial charge in [-0.25, -0.2) is 0 Å². The first kappa shape index (κ1) is 18.8. The average Bonchev–Trinajstić information content (AvgIpc) is 3.20. The Kier molecular flexibility index (Phi) is 4.35. The number of nitrogens with one attached hydrogen (secondary N) is 1. The number of likely N-dealkylation sites (tertiary alicyclic amines) is 1. The molecule has 1 N–H and O–H groups in total. The van der Waals surface area contributed by atoms with Crippen LogP contribution in [0.1, 0.15) is 42.6 Å². The molecule has 6 fully saturated rings. The molecule has 5 aliphatic heterocycles. The number of amides is 1. The number of piperidine rings is 3. The van der Waals surface area contributed by atoms with Gasteiger partial charge in [0.1, 0.15) is 5.69 Å². The van der Waals surface area contributed by atoms with Crippen molar-refractivity contribution in [3.8, 4) is 0 Å². The second kappa shape index (κ2) is 7.15. The normalized spacial score (nSPS) is 34.7. The number of piperazine rings is 1. The van der Waals surface area contributed by atoms with Gasteiger partial charge in [0, 0.05) is 55.4 Å². The van der Waals surface area contributed by atoms with E-state index >= 15 is 0 Å². The Bertz CT molecular complexity index is 1010. The van der Waals surface area contributed by atoms with Crippen LogP contribution in [-0.2, 0) is 0 Å². The van der Waals surface area contributed by atoms with Gasteiger partial charge in [0.15, 0.2) is 0 Å². The van der Waals surface area contributed by atoms with E-state index in [0.717, 1.165) is 35.1 Å². The number of benzene rings is 1. The van der Waals surface area contributed by atoms with Crippen LogP contribution in [0.15, 0.2) is 18.2 Å². The minimum atomic E-state index is 0.00805. The first-order chi connectivity index (χ1) is 15.2. The van der Waals surface area contributed by atoms with E-state index in [1.807, 2.05) is 0 Å². The minimum Gasteiger partial charge on any atom is -0.366 e. The van der Waals surface area contributed by atoms with E-state index in [-0.39, 0.29) is 11.9 Å². The van der Waals surface area contributed by atoms with Crippen molar-refractivity contribution in [3.63, 3.8) is 0 Å². The lowest BCUT2D eigenvalue weighted by molar-refractivity contribution is 0.0619. The van der Waals surface area contributed by atoms with Gasteiger partial charge in [0.25, 0.3) is 5.91 Å². The van der Waals surface area contributed by atoms with Gasteiger partial charge in [-0.3, -0.25) is 9.69 Å². The molecule has 0 unspecified atom stereocenters. The molecule has 1 aromatic heterocycles. The summed E-state index contributed by atoms with van der Waals surface area (Å²) < 4.78 is 5.71. The summed E-state index contributed by atoms with van der Waals surface area (Å²) >= 11 is 1.47. The molecular formula is C24H31N5OS. The highest BCUT2D eigenvalue weighted by Gasteiger charge is 2.44. The molecule has 0 radical (unpaired) electrons. The van der Waals surface area contributed by atoms with Gasteiger partial charge in [0.05, 0.1) is 4.70 Å². The van der Waals surface area contributed by atoms with E-state index in [1.165, 1.54) is 75.5 Å². The Morgan fingerprint density at radius 1 is 1.10 bits per heavy atom. The maximum atomic E-state index is 13.0. The van der Waals surface area contributed by atoms with Gasteiger partial charge in [-0.1, -0.05) is 0 Å². The highest BCUT2D eigenvalue weighted by atomic mass is 32.1. The predicted molar refractivity (Wildman–Crippen MR) is 124 cm³/mol. The highest BCUT2D eigenvalue weighted by molar-refractivity contribution is 7.13. The molecule has 8 rings (SSSR count). The molecule has 1 aliphatic carbocycles. The van der Waals surface area contributed by atoms with E-state index in [2.05, 4.69) is 42.6 Å². The number of hydrogen-bond donors (Lipinski definition) is 1. The van der Waals surface area contributed by atoms with Crippen LogP contribution in [0.3, 0.4) is 0 Å². The lowest BCUT2D eigenvalue weighted by atomic mass is 9.84. The maximum absolute atomic E-state index is 13.0. The van der Waals surface area contributed by atoms with Crippen LogP contribution in [-0.4, -0.2) is 77.5 Å². The number of fused-ring (bicyclic) bond motifs is 6. The fourth-order valence-corrected chi connectivity index (χ4v) is 7.36. The summed E-state index contributed by atoms with van der Waals surface area (Å²) in [6.07, 6.45) is 6.61. The standard InChI is InChI=1S/C24H31N5OS/c30-24(25-21-14-27-7-5-16(21)6-8-27)23-20-4-3-17(10-22(20)31-26-23)29-13-18-9-19(29)12-28(18)11-15-1-2-15/h3-4,10,15-16,18-19,21H,1-2,5-9,11-14H2,(H,25,30)/t18-,19-,21-/m0/s1. The highest BCUT2D eigenvalue weighted by Crippen LogP contribution is 2.39. The quantitative estimate of drug-likeness (QED) is 0.780. The first-order valence-electron chi connectivity index (χ1n) is 12.1. The minimum absolute atomic E-state index is 0.00805. The van der Waals surface area contributed by atoms with Crippen molar-refractivity contribution in [2.45, 2.75) is 50.2 Å². The Labute approximate surface area is 187 Å². The van der Waals surface area contributed by atoms with Crippen LogP contribution in [0.5, 0.6) is 0 Å². The molecule has 3 atom stereocenters. The molecule has 1 saturated carbocycles. The van der Waals surface area contributed by atoms with Crippen LogP contribution in [0.2, 0.25) is 0 Å². The molecular weight excluding hydrogens is 406 g/mol. The van der Waals surface area contributed by atoms with Crippen molar-refractivity contribution in [2.24, 2.45) is 11.8 Å². The molecule has 6 nitrogen and oxygen atoms in total. The zero-order valence-electron chi connectivity index (χ0n) is 18.0. The Balaban J connectivity index is 1.06. The van der Waals surface area contributed by atoms with Crippen LogP contribution >= 0.6 is 11.5 Å². The summed E-state index contributed by atoms with van der Waals surface area (Å²) in [6, 6.07) is 8.27. The van der Waals surface area contributed by atoms with Gasteiger partial charge < -0.3 is 15.1 Å². The maximum Gasteiger partial charge on any atom is 0.271 e. The Hall–Kier alpha value is -1.70. The van der Waals surface area contributed by atoms with Crippen LogP contribution in [0, 0.1) is 11.8 Å². The summed E-state index contributed by atoms with van der Waals surface area (Å²) in [4.78, 5) is 20.9. The van der Waals surface area contributed by atoms with Gasteiger partial charge in [-0.05, 0) is 86.8 Å². The molecule has 6 heterocycles. The van der Waals surface area contributed by atoms with E-state index in [9.17, 15) is 4.79 Å². The van der Waals surface area contributed by atoms with Crippen molar-refractivity contribution in [2.75, 3.05) is 44.2 Å². The lowest BCUT2D eigenvalue weighted by Gasteiger charge is -2.44. The molecule has 164 valence electrons. The molecule has 5 saturated heterocycles. The molecule has 1 amide bonds. The van der Waals surface area contributed by atoms with E-state index in [4.69, 9.17) is 0 Å². The Morgan fingerprint density at radius 3 is 2.68 bits per heavy atom. The first-order valence-corrected chi connectivity index (χ1v) is 12.9. The molecule has 2 aromatic rings. The number of carbonyl (C=O) groups is 1. The van der Waals surface area contributed by atoms with Crippen molar-refractivity contribution >= 4 is 33.2 Å². The summed E-state index contributed by atoms with van der Waals surface area (Å²) in [7, 11) is 0. The van der Waals surface area contributed by atoms with Crippen molar-refractivity contribution in [3.05, 3.63) is 23.9 Å². The summed E-state index contributed by atoms with van der Waals surface area (Å²) in [5.41, 5.74) is 1.92. The lowest BCUT2D eigenvalue weighted by Crippen LogP contribution is -2.57. The zero-order chi connectivity index (χ0) is 20.5. The Morgan fingerprint density at radius 2 is 1.97 bits per heavy atom. The molecule has 1 aromatic carbocycles. The third-order valence-corrected chi connectivity index (χ3v) is 9.33. The van der Waals surface area contributed by atoms with Gasteiger partial charge in [-0.15, -0.1) is 0 Å². The summed E-state index contributed by atoms with van der Waals surface area (Å²) in [5, 5.41) is 4.32. The third-order valence-electron chi connectivity index (χ3n) is 8.52. The van der Waals surface area contributed by atoms with Gasteiger partial charge in [0.2, 0.25) is 0 Å². The number of aromatic nitrogens is 1. The van der Waals surface area contributed by atoms with Crippen LogP contribution in [0.4, 0.5) is 5.69 Å². The smallest absolute Gasteiger partial charge is 0.271 e. The topological polar surface area (TPSA) is 51.7 Å². The van der Waals surface area contributed by atoms with Crippen molar-refractivity contribution < 1.29 is 4.79 Å². The molecule has 4 bridgehead atoms. The number of hydrogen-bond acceptors (Lipinski definition) is 6. The van der Waals surface area contributed by atoms with Crippen LogP contribution in [0.25, 0.3) is 10.1 Å². The molecule has 0 spiro atoms. The SMILES string of the molecule is O=C(N[C@H]1CN2CCC1CC2)c1nsc2cc(N3C[C@@H]4C[C@H]3CN4CC3CC3)ccc12. The predicted octanol–water partition coefficient (Wildman–Crippen LogP) is 2.79. The number of carbonyl (C=O) groups excluding carboxylic acids is 1. The fraction of sp³-hybridized carbons (Fsp3) is 0.667. The summed E-state index contributed by atoms with van der Waals surface area (Å²) in [6.45, 7) is 7.06. The average molecular weight is 438 g/mol. The van der Waals surface area contributed by atoms with Gasteiger partial charge in [-0.2, -0.15) is 4.37 Å². The van der Waals surface area contributed by atoms with Crippen LogP contribution < -0.4 is 10.2 Å². The number of anilines is 1. The van der Waals surface area contributed by atoms with Crippen molar-refractivity contribution in [1.29, 1.82) is 0 Å². The summed E-state index contributed by atoms with van der Waals surface area (Å²) in [5.74, 6) is 1.62. The van der Waals surface area contributed by atoms with E-state index in [0.29, 0.717) is 17.7 Å². The second-order valence-corrected chi connectivity index (χ2v) is 11.3. The number of rotatable bonds is 5. The largest absolute Gasteiger partial charge is 0.366 e. The monoisotopic (exact) mass is 437 g/mol. The molecule has 7 heteroatoms.